The van der Waals surface area contributed by atoms with Crippen LogP contribution in [-0.4, -0.2) is 64.1 Å². The van der Waals surface area contributed by atoms with Gasteiger partial charge in [0, 0.05) is 49.0 Å². The van der Waals surface area contributed by atoms with Gasteiger partial charge in [-0.25, -0.2) is 0 Å². The van der Waals surface area contributed by atoms with Crippen LogP contribution in [0.25, 0.3) is 11.1 Å². The maximum absolute atomic E-state index is 13.2. The molecule has 0 spiro atoms. The van der Waals surface area contributed by atoms with Crippen LogP contribution in [0.4, 0.5) is 0 Å². The fourth-order valence-corrected chi connectivity index (χ4v) is 5.52. The van der Waals surface area contributed by atoms with E-state index in [2.05, 4.69) is 65.3 Å². The fourth-order valence-electron chi connectivity index (χ4n) is 5.52. The Bertz CT molecular complexity index is 1100. The summed E-state index contributed by atoms with van der Waals surface area (Å²) in [6, 6.07) is 21.2. The van der Waals surface area contributed by atoms with Gasteiger partial charge in [-0.15, -0.1) is 0 Å². The summed E-state index contributed by atoms with van der Waals surface area (Å²) in [6.07, 6.45) is 5.36. The first-order valence-corrected chi connectivity index (χ1v) is 11.9. The molecule has 2 aliphatic heterocycles. The van der Waals surface area contributed by atoms with Gasteiger partial charge in [0.2, 0.25) is 0 Å². The second kappa shape index (κ2) is 9.46. The minimum atomic E-state index is 0.0697. The number of hydrogen-bond donors (Lipinski definition) is 1. The molecule has 1 amide bonds. The van der Waals surface area contributed by atoms with Gasteiger partial charge in [-0.05, 0) is 55.1 Å². The molecule has 0 bridgehead atoms. The molecule has 5 heteroatoms. The molecular formula is C28H31N3O2. The molecule has 0 aliphatic carbocycles. The lowest BCUT2D eigenvalue weighted by molar-refractivity contribution is -0.0606. The molecule has 2 fully saturated rings. The van der Waals surface area contributed by atoms with Gasteiger partial charge in [0.05, 0.1) is 6.61 Å². The number of fused-ring (bicyclic) bond motifs is 1. The highest BCUT2D eigenvalue weighted by Gasteiger charge is 2.49. The molecule has 1 unspecified atom stereocenters. The van der Waals surface area contributed by atoms with Gasteiger partial charge in [0.15, 0.2) is 0 Å². The van der Waals surface area contributed by atoms with E-state index in [1.165, 1.54) is 22.3 Å². The summed E-state index contributed by atoms with van der Waals surface area (Å²) < 4.78 is 0. The van der Waals surface area contributed by atoms with Crippen LogP contribution in [0.15, 0.2) is 73.1 Å². The molecule has 2 aliphatic rings. The number of nitrogens with zero attached hydrogens (tertiary/aromatic N) is 3. The Labute approximate surface area is 195 Å². The summed E-state index contributed by atoms with van der Waals surface area (Å²) in [5, 5.41) is 10.2. The van der Waals surface area contributed by atoms with Crippen molar-refractivity contribution in [2.75, 3.05) is 26.2 Å². The second-order valence-corrected chi connectivity index (χ2v) is 9.27. The molecule has 170 valence electrons. The predicted octanol–water partition coefficient (Wildman–Crippen LogP) is 4.12. The summed E-state index contributed by atoms with van der Waals surface area (Å²) in [5.74, 6) is 0.285. The molecule has 1 aromatic heterocycles. The first kappa shape index (κ1) is 21.8. The van der Waals surface area contributed by atoms with Gasteiger partial charge in [0.1, 0.15) is 0 Å². The lowest BCUT2D eigenvalue weighted by Crippen LogP contribution is -2.67. The molecule has 5 nitrogen and oxygen atoms in total. The molecule has 3 heterocycles. The van der Waals surface area contributed by atoms with Gasteiger partial charge in [-0.1, -0.05) is 54.1 Å². The van der Waals surface area contributed by atoms with Crippen molar-refractivity contribution in [1.29, 1.82) is 0 Å². The topological polar surface area (TPSA) is 56.7 Å². The first-order chi connectivity index (χ1) is 16.2. The molecule has 1 N–H and O–H groups in total. The van der Waals surface area contributed by atoms with Crippen LogP contribution in [0.2, 0.25) is 0 Å². The van der Waals surface area contributed by atoms with Gasteiger partial charge in [-0.2, -0.15) is 0 Å². The Morgan fingerprint density at radius 3 is 2.48 bits per heavy atom. The summed E-state index contributed by atoms with van der Waals surface area (Å²) >= 11 is 0. The van der Waals surface area contributed by atoms with E-state index in [1.54, 1.807) is 24.5 Å². The van der Waals surface area contributed by atoms with Crippen molar-refractivity contribution < 1.29 is 9.90 Å². The van der Waals surface area contributed by atoms with E-state index >= 15 is 0 Å². The highest BCUT2D eigenvalue weighted by Crippen LogP contribution is 2.42. The lowest BCUT2D eigenvalue weighted by atomic mass is 9.74. The number of hydrogen-bond acceptors (Lipinski definition) is 4. The van der Waals surface area contributed by atoms with Crippen molar-refractivity contribution >= 4 is 5.91 Å². The summed E-state index contributed by atoms with van der Waals surface area (Å²) in [5.41, 5.74) is 5.60. The Morgan fingerprint density at radius 1 is 1.00 bits per heavy atom. The summed E-state index contributed by atoms with van der Waals surface area (Å²) in [6.45, 7) is 4.68. The normalized spacial score (nSPS) is 23.2. The monoisotopic (exact) mass is 441 g/mol. The number of aromatic nitrogens is 1. The Balaban J connectivity index is 1.39. The number of aryl methyl sites for hydroxylation is 1. The Kier molecular flexibility index (Phi) is 6.25. The van der Waals surface area contributed by atoms with Crippen molar-refractivity contribution in [3.05, 3.63) is 89.7 Å². The van der Waals surface area contributed by atoms with Crippen molar-refractivity contribution in [2.45, 2.75) is 37.8 Å². The molecular weight excluding hydrogens is 410 g/mol. The fraction of sp³-hybridized carbons (Fsp3) is 0.357. The van der Waals surface area contributed by atoms with E-state index in [0.29, 0.717) is 12.1 Å². The van der Waals surface area contributed by atoms with Gasteiger partial charge >= 0.3 is 0 Å². The minimum absolute atomic E-state index is 0.0697. The molecule has 33 heavy (non-hydrogen) atoms. The number of carbonyl (C=O) groups excluding carboxylic acids is 1. The van der Waals surface area contributed by atoms with E-state index in [0.717, 1.165) is 25.9 Å². The van der Waals surface area contributed by atoms with Crippen LogP contribution in [0, 0.1) is 6.92 Å². The Morgan fingerprint density at radius 2 is 1.76 bits per heavy atom. The number of aliphatic hydroxyl groups is 1. The third-order valence-corrected chi connectivity index (χ3v) is 7.23. The first-order valence-electron chi connectivity index (χ1n) is 11.9. The number of rotatable bonds is 4. The minimum Gasteiger partial charge on any atom is -0.395 e. The van der Waals surface area contributed by atoms with Crippen LogP contribution >= 0.6 is 0 Å². The van der Waals surface area contributed by atoms with E-state index in [-0.39, 0.29) is 30.5 Å². The van der Waals surface area contributed by atoms with Crippen molar-refractivity contribution in [3.63, 3.8) is 0 Å². The van der Waals surface area contributed by atoms with Crippen molar-refractivity contribution in [3.8, 4) is 11.1 Å². The smallest absolute Gasteiger partial charge is 0.254 e. The zero-order valence-electron chi connectivity index (χ0n) is 19.1. The predicted molar refractivity (Wildman–Crippen MR) is 130 cm³/mol. The standard InChI is InChI=1S/C28H31N3O2/c1-20-5-4-6-24(17-20)21-7-9-22(10-8-21)27-25-18-30(28(33)23-11-13-29-14-12-23)15-2-3-16-31(25)26(27)19-32/h4-14,17,25-27,32H,2-3,15-16,18-19H2,1H3/t25-,26+,27?/m1/s1. The molecule has 3 aromatic rings. The zero-order valence-corrected chi connectivity index (χ0v) is 19.1. The summed E-state index contributed by atoms with van der Waals surface area (Å²) in [4.78, 5) is 21.6. The molecule has 3 atom stereocenters. The molecule has 2 aromatic carbocycles. The van der Waals surface area contributed by atoms with Gasteiger partial charge < -0.3 is 10.0 Å². The maximum atomic E-state index is 13.2. The van der Waals surface area contributed by atoms with Gasteiger partial charge in [0.25, 0.3) is 5.91 Å². The van der Waals surface area contributed by atoms with Gasteiger partial charge in [-0.3, -0.25) is 14.7 Å². The van der Waals surface area contributed by atoms with Crippen LogP contribution in [-0.2, 0) is 0 Å². The lowest BCUT2D eigenvalue weighted by Gasteiger charge is -2.57. The second-order valence-electron chi connectivity index (χ2n) is 9.27. The molecule has 0 saturated carbocycles. The number of pyridine rings is 1. The SMILES string of the molecule is Cc1cccc(-c2ccc(C3[C@H]4CN(C(=O)c5ccncc5)CCCCN4[C@H]3CO)cc2)c1. The van der Waals surface area contributed by atoms with E-state index in [1.807, 2.05) is 4.90 Å². The average molecular weight is 442 g/mol. The maximum Gasteiger partial charge on any atom is 0.254 e. The van der Waals surface area contributed by atoms with E-state index < -0.39 is 0 Å². The number of carbonyl (C=O) groups is 1. The van der Waals surface area contributed by atoms with Crippen molar-refractivity contribution in [2.24, 2.45) is 0 Å². The van der Waals surface area contributed by atoms with Crippen LogP contribution in [0.1, 0.15) is 40.2 Å². The zero-order chi connectivity index (χ0) is 22.8. The highest BCUT2D eigenvalue weighted by atomic mass is 16.3. The number of amides is 1. The van der Waals surface area contributed by atoms with Crippen LogP contribution in [0.3, 0.4) is 0 Å². The Hall–Kier alpha value is -3.02. The number of aliphatic hydroxyl groups excluding tert-OH is 1. The summed E-state index contributed by atoms with van der Waals surface area (Å²) in [7, 11) is 0. The molecule has 0 radical (unpaired) electrons. The third kappa shape index (κ3) is 4.31. The van der Waals surface area contributed by atoms with Crippen molar-refractivity contribution in [1.82, 2.24) is 14.8 Å². The quantitative estimate of drug-likeness (QED) is 0.662. The van der Waals surface area contributed by atoms with Crippen LogP contribution in [0.5, 0.6) is 0 Å². The third-order valence-electron chi connectivity index (χ3n) is 7.23. The van der Waals surface area contributed by atoms with Crippen LogP contribution < -0.4 is 0 Å². The highest BCUT2D eigenvalue weighted by molar-refractivity contribution is 5.94. The average Bonchev–Trinajstić information content (AvgIpc) is 2.83. The number of benzene rings is 2. The van der Waals surface area contributed by atoms with E-state index in [4.69, 9.17) is 0 Å². The molecule has 2 saturated heterocycles. The molecule has 5 rings (SSSR count). The van der Waals surface area contributed by atoms with E-state index in [9.17, 15) is 9.90 Å². The largest absolute Gasteiger partial charge is 0.395 e.